The number of ether oxygens (including phenoxy) is 2. The molecule has 0 spiro atoms. The SMILES string of the molecule is CC=CC=CC(CCCCCCCC)C(CCC)(OCCC)OCCC. The van der Waals surface area contributed by atoms with E-state index in [1.54, 1.807) is 0 Å². The fourth-order valence-electron chi connectivity index (χ4n) is 3.40. The summed E-state index contributed by atoms with van der Waals surface area (Å²) >= 11 is 0. The Bertz CT molecular complexity index is 338. The van der Waals surface area contributed by atoms with E-state index in [9.17, 15) is 0 Å². The van der Waals surface area contributed by atoms with Crippen LogP contribution in [-0.4, -0.2) is 19.0 Å². The third-order valence-electron chi connectivity index (χ3n) is 4.78. The highest BCUT2D eigenvalue weighted by Crippen LogP contribution is 2.35. The van der Waals surface area contributed by atoms with Crippen molar-refractivity contribution in [1.29, 1.82) is 0 Å². The van der Waals surface area contributed by atoms with Crippen molar-refractivity contribution in [2.24, 2.45) is 5.92 Å². The van der Waals surface area contributed by atoms with Gasteiger partial charge in [0.1, 0.15) is 0 Å². The highest BCUT2D eigenvalue weighted by Gasteiger charge is 2.38. The van der Waals surface area contributed by atoms with E-state index in [1.165, 1.54) is 38.5 Å². The fourth-order valence-corrected chi connectivity index (χ4v) is 3.40. The molecule has 0 heterocycles. The van der Waals surface area contributed by atoms with E-state index in [0.717, 1.165) is 45.3 Å². The van der Waals surface area contributed by atoms with Gasteiger partial charge in [-0.1, -0.05) is 96.9 Å². The molecule has 26 heavy (non-hydrogen) atoms. The lowest BCUT2D eigenvalue weighted by Gasteiger charge is -2.39. The molecular weight excluding hydrogens is 320 g/mol. The zero-order valence-corrected chi connectivity index (χ0v) is 18.4. The summed E-state index contributed by atoms with van der Waals surface area (Å²) in [6, 6.07) is 0. The molecule has 0 N–H and O–H groups in total. The number of rotatable bonds is 18. The van der Waals surface area contributed by atoms with Gasteiger partial charge in [-0.2, -0.15) is 0 Å². The van der Waals surface area contributed by atoms with Crippen LogP contribution in [-0.2, 0) is 9.47 Å². The molecule has 0 aromatic heterocycles. The van der Waals surface area contributed by atoms with E-state index in [0.29, 0.717) is 5.92 Å². The zero-order chi connectivity index (χ0) is 19.5. The summed E-state index contributed by atoms with van der Waals surface area (Å²) in [5.74, 6) is -0.134. The Kier molecular flexibility index (Phi) is 17.4. The van der Waals surface area contributed by atoms with E-state index in [4.69, 9.17) is 9.47 Å². The number of unbranched alkanes of at least 4 members (excludes halogenated alkanes) is 5. The van der Waals surface area contributed by atoms with Crippen molar-refractivity contribution in [1.82, 2.24) is 0 Å². The van der Waals surface area contributed by atoms with Gasteiger partial charge in [0, 0.05) is 25.6 Å². The minimum absolute atomic E-state index is 0.322. The van der Waals surface area contributed by atoms with Gasteiger partial charge in [0.05, 0.1) is 0 Å². The van der Waals surface area contributed by atoms with Crippen LogP contribution >= 0.6 is 0 Å². The average molecular weight is 367 g/mol. The van der Waals surface area contributed by atoms with Gasteiger partial charge >= 0.3 is 0 Å². The lowest BCUT2D eigenvalue weighted by Crippen LogP contribution is -2.43. The smallest absolute Gasteiger partial charge is 0.174 e. The second-order valence-corrected chi connectivity index (χ2v) is 7.33. The van der Waals surface area contributed by atoms with Crippen molar-refractivity contribution >= 4 is 0 Å². The molecule has 1 unspecified atom stereocenters. The van der Waals surface area contributed by atoms with Crippen molar-refractivity contribution < 1.29 is 9.47 Å². The van der Waals surface area contributed by atoms with E-state index in [2.05, 4.69) is 58.9 Å². The monoisotopic (exact) mass is 366 g/mol. The van der Waals surface area contributed by atoms with Crippen molar-refractivity contribution in [3.05, 3.63) is 24.3 Å². The standard InChI is InChI=1S/C24H46O2/c1-6-11-13-14-15-17-19-23(18-16-12-7-2)24(20-8-3,25-21-9-4)26-22-10-5/h7,12,16,18,23H,6,8-11,13-15,17,19-22H2,1-5H3. The number of allylic oxidation sites excluding steroid dienone is 3. The minimum Gasteiger partial charge on any atom is -0.349 e. The van der Waals surface area contributed by atoms with Crippen LogP contribution in [0.5, 0.6) is 0 Å². The van der Waals surface area contributed by atoms with Crippen LogP contribution in [0.4, 0.5) is 0 Å². The summed E-state index contributed by atoms with van der Waals surface area (Å²) in [5.41, 5.74) is 0. The Morgan fingerprint density at radius 1 is 0.731 bits per heavy atom. The Labute approximate surface area is 164 Å². The highest BCUT2D eigenvalue weighted by atomic mass is 16.7. The Hall–Kier alpha value is -0.600. The maximum atomic E-state index is 6.41. The van der Waals surface area contributed by atoms with Crippen molar-refractivity contribution in [3.63, 3.8) is 0 Å². The van der Waals surface area contributed by atoms with Crippen molar-refractivity contribution in [2.45, 2.75) is 111 Å². The maximum absolute atomic E-state index is 6.41. The summed E-state index contributed by atoms with van der Waals surface area (Å²) in [6.45, 7) is 12.5. The van der Waals surface area contributed by atoms with Crippen molar-refractivity contribution in [3.8, 4) is 0 Å². The third kappa shape index (κ3) is 11.2. The molecule has 2 nitrogen and oxygen atoms in total. The van der Waals surface area contributed by atoms with Crippen LogP contribution in [0.3, 0.4) is 0 Å². The number of hydrogen-bond donors (Lipinski definition) is 0. The molecule has 0 rings (SSSR count). The van der Waals surface area contributed by atoms with Gasteiger partial charge in [0.2, 0.25) is 0 Å². The quantitative estimate of drug-likeness (QED) is 0.140. The first-order valence-corrected chi connectivity index (χ1v) is 11.3. The van der Waals surface area contributed by atoms with Gasteiger partial charge in [-0.25, -0.2) is 0 Å². The summed E-state index contributed by atoms with van der Waals surface area (Å²) in [7, 11) is 0. The predicted octanol–water partition coefficient (Wildman–Crippen LogP) is 7.84. The molecule has 0 aliphatic carbocycles. The predicted molar refractivity (Wildman–Crippen MR) is 116 cm³/mol. The molecule has 0 bridgehead atoms. The second-order valence-electron chi connectivity index (χ2n) is 7.33. The topological polar surface area (TPSA) is 18.5 Å². The molecule has 0 aromatic rings. The molecule has 0 fully saturated rings. The minimum atomic E-state index is -0.456. The molecule has 2 heteroatoms. The lowest BCUT2D eigenvalue weighted by molar-refractivity contribution is -0.264. The molecule has 0 aliphatic heterocycles. The first-order valence-electron chi connectivity index (χ1n) is 11.3. The van der Waals surface area contributed by atoms with Crippen molar-refractivity contribution in [2.75, 3.05) is 13.2 Å². The second kappa shape index (κ2) is 17.8. The Morgan fingerprint density at radius 3 is 1.88 bits per heavy atom. The van der Waals surface area contributed by atoms with Gasteiger partial charge < -0.3 is 9.47 Å². The summed E-state index contributed by atoms with van der Waals surface area (Å²) in [6.07, 6.45) is 21.9. The summed E-state index contributed by atoms with van der Waals surface area (Å²) < 4.78 is 12.8. The van der Waals surface area contributed by atoms with Crippen LogP contribution in [0.1, 0.15) is 105 Å². The molecular formula is C24H46O2. The molecule has 0 amide bonds. The van der Waals surface area contributed by atoms with Gasteiger partial charge in [-0.05, 0) is 26.2 Å². The van der Waals surface area contributed by atoms with Crippen LogP contribution in [0.2, 0.25) is 0 Å². The van der Waals surface area contributed by atoms with Gasteiger partial charge in [0.25, 0.3) is 0 Å². The average Bonchev–Trinajstić information content (AvgIpc) is 2.65. The van der Waals surface area contributed by atoms with Gasteiger partial charge in [-0.15, -0.1) is 0 Å². The van der Waals surface area contributed by atoms with E-state index >= 15 is 0 Å². The highest BCUT2D eigenvalue weighted by molar-refractivity contribution is 5.06. The van der Waals surface area contributed by atoms with Crippen LogP contribution in [0.15, 0.2) is 24.3 Å². The van der Waals surface area contributed by atoms with E-state index in [-0.39, 0.29) is 0 Å². The lowest BCUT2D eigenvalue weighted by atomic mass is 9.88. The molecule has 0 aliphatic rings. The fraction of sp³-hybridized carbons (Fsp3) is 0.833. The molecule has 0 saturated carbocycles. The largest absolute Gasteiger partial charge is 0.349 e. The van der Waals surface area contributed by atoms with Gasteiger partial charge in [-0.3, -0.25) is 0 Å². The maximum Gasteiger partial charge on any atom is 0.174 e. The Morgan fingerprint density at radius 2 is 1.35 bits per heavy atom. The summed E-state index contributed by atoms with van der Waals surface area (Å²) in [4.78, 5) is 0. The van der Waals surface area contributed by atoms with Crippen LogP contribution in [0.25, 0.3) is 0 Å². The molecule has 0 radical (unpaired) electrons. The first kappa shape index (κ1) is 25.4. The normalized spacial score (nSPS) is 13.9. The first-order chi connectivity index (χ1) is 12.7. The third-order valence-corrected chi connectivity index (χ3v) is 4.78. The number of hydrogen-bond acceptors (Lipinski definition) is 2. The molecule has 0 aromatic carbocycles. The summed E-state index contributed by atoms with van der Waals surface area (Å²) in [5, 5.41) is 0. The van der Waals surface area contributed by atoms with Crippen LogP contribution in [0, 0.1) is 5.92 Å². The molecule has 1 atom stereocenters. The van der Waals surface area contributed by atoms with Gasteiger partial charge in [0.15, 0.2) is 5.79 Å². The molecule has 0 saturated heterocycles. The Balaban J connectivity index is 5.12. The molecule has 154 valence electrons. The van der Waals surface area contributed by atoms with E-state index in [1.807, 2.05) is 0 Å². The zero-order valence-electron chi connectivity index (χ0n) is 18.4. The van der Waals surface area contributed by atoms with Crippen LogP contribution < -0.4 is 0 Å². The van der Waals surface area contributed by atoms with E-state index < -0.39 is 5.79 Å².